The first-order valence-corrected chi connectivity index (χ1v) is 11.5. The van der Waals surface area contributed by atoms with Crippen molar-refractivity contribution in [2.45, 2.75) is 51.2 Å². The zero-order chi connectivity index (χ0) is 23.5. The number of amides is 1. The molecule has 2 aromatic carbocycles. The fourth-order valence-corrected chi connectivity index (χ4v) is 4.62. The van der Waals surface area contributed by atoms with Gasteiger partial charge >= 0.3 is 0 Å². The third-order valence-electron chi connectivity index (χ3n) is 6.67. The number of nitrogens with one attached hydrogen (secondary N) is 2. The van der Waals surface area contributed by atoms with Crippen LogP contribution in [0.2, 0.25) is 0 Å². The average Bonchev–Trinajstić information content (AvgIpc) is 3.25. The molecule has 174 valence electrons. The van der Waals surface area contributed by atoms with E-state index in [0.717, 1.165) is 53.5 Å². The molecule has 1 fully saturated rings. The predicted molar refractivity (Wildman–Crippen MR) is 132 cm³/mol. The van der Waals surface area contributed by atoms with Crippen molar-refractivity contribution >= 4 is 17.3 Å². The predicted octanol–water partition coefficient (Wildman–Crippen LogP) is 3.64. The van der Waals surface area contributed by atoms with E-state index >= 15 is 0 Å². The minimum Gasteiger partial charge on any atom is -0.397 e. The van der Waals surface area contributed by atoms with E-state index in [1.165, 1.54) is 0 Å². The molecule has 0 spiro atoms. The molecule has 2 atom stereocenters. The summed E-state index contributed by atoms with van der Waals surface area (Å²) < 4.78 is 1.79. The zero-order valence-corrected chi connectivity index (χ0v) is 19.6. The Morgan fingerprint density at radius 3 is 2.58 bits per heavy atom. The molecule has 1 amide bonds. The summed E-state index contributed by atoms with van der Waals surface area (Å²) in [5.41, 5.74) is 13.5. The Kier molecular flexibility index (Phi) is 6.70. The van der Waals surface area contributed by atoms with Gasteiger partial charge in [-0.2, -0.15) is 5.10 Å². The summed E-state index contributed by atoms with van der Waals surface area (Å²) in [5.74, 6) is -0.204. The van der Waals surface area contributed by atoms with Crippen LogP contribution in [0.15, 0.2) is 42.7 Å². The first-order valence-electron chi connectivity index (χ1n) is 11.5. The molecule has 0 bridgehead atoms. The summed E-state index contributed by atoms with van der Waals surface area (Å²) in [6.45, 7) is 1.99. The summed E-state index contributed by atoms with van der Waals surface area (Å²) in [6.07, 6.45) is 7.53. The van der Waals surface area contributed by atoms with Crippen molar-refractivity contribution in [2.75, 3.05) is 18.1 Å². The molecule has 1 aliphatic rings. The average molecular weight is 448 g/mol. The molecular formula is C26H33N5O2. The van der Waals surface area contributed by atoms with E-state index in [1.807, 2.05) is 32.4 Å². The molecule has 0 aliphatic heterocycles. The molecule has 1 saturated carbocycles. The van der Waals surface area contributed by atoms with Crippen LogP contribution in [0.5, 0.6) is 0 Å². The number of hydrogen-bond acceptors (Lipinski definition) is 5. The third-order valence-corrected chi connectivity index (χ3v) is 6.67. The summed E-state index contributed by atoms with van der Waals surface area (Å²) >= 11 is 0. The number of carbonyl (C=O) groups excluding carboxylic acids is 1. The quantitative estimate of drug-likeness (QED) is 0.432. The fourth-order valence-electron chi connectivity index (χ4n) is 4.62. The van der Waals surface area contributed by atoms with Gasteiger partial charge in [-0.15, -0.1) is 0 Å². The summed E-state index contributed by atoms with van der Waals surface area (Å²) in [5, 5.41) is 20.7. The highest BCUT2D eigenvalue weighted by Crippen LogP contribution is 2.32. The van der Waals surface area contributed by atoms with Crippen molar-refractivity contribution in [3.05, 3.63) is 65.0 Å². The highest BCUT2D eigenvalue weighted by atomic mass is 16.3. The van der Waals surface area contributed by atoms with Gasteiger partial charge in [0.15, 0.2) is 0 Å². The Labute approximate surface area is 195 Å². The van der Waals surface area contributed by atoms with Crippen molar-refractivity contribution in [2.24, 2.45) is 7.05 Å². The van der Waals surface area contributed by atoms with Gasteiger partial charge in [-0.3, -0.25) is 9.48 Å². The molecule has 1 heterocycles. The SMILES string of the molecule is CNc1c(C(=O)N[C@H]2CCCC[C@@H]2O)cc(Cc2ccc(-c3cnn(C)c3)cc2)c(C)c1N. The van der Waals surface area contributed by atoms with E-state index in [0.29, 0.717) is 23.4 Å². The number of anilines is 2. The van der Waals surface area contributed by atoms with Crippen LogP contribution in [0.3, 0.4) is 0 Å². The number of nitrogen functional groups attached to an aromatic ring is 1. The summed E-state index contributed by atoms with van der Waals surface area (Å²) in [6, 6.07) is 10.1. The van der Waals surface area contributed by atoms with Gasteiger partial charge in [-0.05, 0) is 54.5 Å². The largest absolute Gasteiger partial charge is 0.397 e. The van der Waals surface area contributed by atoms with Crippen LogP contribution in [-0.2, 0) is 13.5 Å². The molecule has 5 N–H and O–H groups in total. The standard InChI is InChI=1S/C26H33N5O2/c1-16-19(12-17-8-10-18(11-9-17)20-14-29-31(3)15-20)13-21(25(28-2)24(16)27)26(33)30-22-6-4-5-7-23(22)32/h8-11,13-15,22-23,28,32H,4-7,12,27H2,1-3H3,(H,30,33)/t22-,23-/m0/s1. The maximum atomic E-state index is 13.2. The van der Waals surface area contributed by atoms with E-state index in [1.54, 1.807) is 11.7 Å². The molecule has 3 aromatic rings. The highest BCUT2D eigenvalue weighted by Gasteiger charge is 2.26. The van der Waals surface area contributed by atoms with Gasteiger partial charge in [0, 0.05) is 25.9 Å². The maximum absolute atomic E-state index is 13.2. The lowest BCUT2D eigenvalue weighted by molar-refractivity contribution is 0.0718. The molecule has 0 radical (unpaired) electrons. The van der Waals surface area contributed by atoms with E-state index in [2.05, 4.69) is 40.0 Å². The van der Waals surface area contributed by atoms with Crippen LogP contribution in [-0.4, -0.2) is 40.0 Å². The second-order valence-corrected chi connectivity index (χ2v) is 8.96. The number of nitrogens with two attached hydrogens (primary N) is 1. The van der Waals surface area contributed by atoms with Crippen LogP contribution < -0.4 is 16.4 Å². The number of aliphatic hydroxyl groups is 1. The Morgan fingerprint density at radius 1 is 1.21 bits per heavy atom. The number of hydrogen-bond donors (Lipinski definition) is 4. The Morgan fingerprint density at radius 2 is 1.94 bits per heavy atom. The molecule has 7 nitrogen and oxygen atoms in total. The van der Waals surface area contributed by atoms with Crippen molar-refractivity contribution in [1.29, 1.82) is 0 Å². The lowest BCUT2D eigenvalue weighted by atomic mass is 9.91. The van der Waals surface area contributed by atoms with Gasteiger partial charge in [-0.25, -0.2) is 0 Å². The van der Waals surface area contributed by atoms with Crippen molar-refractivity contribution in [3.63, 3.8) is 0 Å². The number of aromatic nitrogens is 2. The smallest absolute Gasteiger partial charge is 0.253 e. The first-order chi connectivity index (χ1) is 15.9. The van der Waals surface area contributed by atoms with Crippen LogP contribution in [0, 0.1) is 6.92 Å². The minimum atomic E-state index is -0.499. The van der Waals surface area contributed by atoms with E-state index in [4.69, 9.17) is 5.73 Å². The van der Waals surface area contributed by atoms with Crippen LogP contribution in [0.1, 0.15) is 52.7 Å². The summed E-state index contributed by atoms with van der Waals surface area (Å²) in [7, 11) is 3.68. The van der Waals surface area contributed by atoms with Crippen LogP contribution in [0.4, 0.5) is 11.4 Å². The monoisotopic (exact) mass is 447 g/mol. The van der Waals surface area contributed by atoms with Crippen LogP contribution in [0.25, 0.3) is 11.1 Å². The van der Waals surface area contributed by atoms with E-state index < -0.39 is 6.10 Å². The zero-order valence-electron chi connectivity index (χ0n) is 19.6. The van der Waals surface area contributed by atoms with Gasteiger partial charge < -0.3 is 21.5 Å². The van der Waals surface area contributed by atoms with Gasteiger partial charge in [0.1, 0.15) is 0 Å². The van der Waals surface area contributed by atoms with Crippen molar-refractivity contribution < 1.29 is 9.90 Å². The van der Waals surface area contributed by atoms with Gasteiger partial charge in [0.25, 0.3) is 5.91 Å². The molecule has 4 rings (SSSR count). The molecule has 1 aromatic heterocycles. The van der Waals surface area contributed by atoms with Gasteiger partial charge in [-0.1, -0.05) is 37.1 Å². The molecular weight excluding hydrogens is 414 g/mol. The fraction of sp³-hybridized carbons (Fsp3) is 0.385. The first kappa shape index (κ1) is 22.9. The minimum absolute atomic E-state index is 0.204. The number of aliphatic hydroxyl groups excluding tert-OH is 1. The molecule has 1 aliphatic carbocycles. The molecule has 7 heteroatoms. The number of carbonyl (C=O) groups is 1. The van der Waals surface area contributed by atoms with Crippen molar-refractivity contribution in [3.8, 4) is 11.1 Å². The molecule has 0 unspecified atom stereocenters. The molecule has 0 saturated heterocycles. The van der Waals surface area contributed by atoms with Crippen molar-refractivity contribution in [1.82, 2.24) is 15.1 Å². The van der Waals surface area contributed by atoms with Crippen LogP contribution >= 0.6 is 0 Å². The second kappa shape index (κ2) is 9.67. The van der Waals surface area contributed by atoms with E-state index in [9.17, 15) is 9.90 Å². The number of aryl methyl sites for hydroxylation is 1. The number of rotatable bonds is 6. The molecule has 33 heavy (non-hydrogen) atoms. The van der Waals surface area contributed by atoms with E-state index in [-0.39, 0.29) is 11.9 Å². The number of benzene rings is 2. The Hall–Kier alpha value is -3.32. The highest BCUT2D eigenvalue weighted by molar-refractivity contribution is 6.03. The maximum Gasteiger partial charge on any atom is 0.253 e. The lowest BCUT2D eigenvalue weighted by Crippen LogP contribution is -2.45. The third kappa shape index (κ3) is 4.88. The summed E-state index contributed by atoms with van der Waals surface area (Å²) in [4.78, 5) is 13.2. The normalized spacial score (nSPS) is 18.2. The second-order valence-electron chi connectivity index (χ2n) is 8.96. The Bertz CT molecular complexity index is 1140. The van der Waals surface area contributed by atoms with Gasteiger partial charge in [0.2, 0.25) is 0 Å². The number of nitrogens with zero attached hydrogens (tertiary/aromatic N) is 2. The lowest BCUT2D eigenvalue weighted by Gasteiger charge is -2.29. The topological polar surface area (TPSA) is 105 Å². The van der Waals surface area contributed by atoms with Gasteiger partial charge in [0.05, 0.1) is 35.3 Å². The Balaban J connectivity index is 1.59.